The number of carbonyl (C=O) groups excluding carboxylic acids is 1. The van der Waals surface area contributed by atoms with Gasteiger partial charge >= 0.3 is 6.18 Å². The maximum atomic E-state index is 13.0. The van der Waals surface area contributed by atoms with Crippen molar-refractivity contribution in [2.75, 3.05) is 5.32 Å². The Hall–Kier alpha value is -2.83. The Balaban J connectivity index is 1.94. The number of pyridine rings is 1. The molecule has 1 amide bonds. The summed E-state index contributed by atoms with van der Waals surface area (Å²) < 4.78 is 40.2. The lowest BCUT2D eigenvalue weighted by molar-refractivity contribution is -0.137. The summed E-state index contributed by atoms with van der Waals surface area (Å²) in [6.45, 7) is 7.85. The van der Waals surface area contributed by atoms with Gasteiger partial charge in [-0.05, 0) is 42.2 Å². The molecule has 0 atom stereocenters. The lowest BCUT2D eigenvalue weighted by Crippen LogP contribution is -2.17. The van der Waals surface area contributed by atoms with Gasteiger partial charge in [0.1, 0.15) is 11.3 Å². The average Bonchev–Trinajstić information content (AvgIpc) is 2.88. The number of rotatable bonds is 2. The van der Waals surface area contributed by atoms with E-state index >= 15 is 0 Å². The minimum absolute atomic E-state index is 0.0191. The van der Waals surface area contributed by atoms with Gasteiger partial charge in [0, 0.05) is 11.9 Å². The number of imidazole rings is 1. The molecule has 0 spiro atoms. The van der Waals surface area contributed by atoms with Crippen LogP contribution in [0, 0.1) is 6.92 Å². The highest BCUT2D eigenvalue weighted by Crippen LogP contribution is 2.30. The summed E-state index contributed by atoms with van der Waals surface area (Å²) in [6, 6.07) is 9.59. The molecule has 0 radical (unpaired) electrons. The molecule has 0 saturated carbocycles. The van der Waals surface area contributed by atoms with E-state index in [0.717, 1.165) is 17.8 Å². The summed E-state index contributed by atoms with van der Waals surface area (Å²) >= 11 is 0. The first-order valence-corrected chi connectivity index (χ1v) is 8.44. The standard InChI is InChI=1S/C20H20F3N3O/c1-12-17(26-11-14(20(21,22)23)7-10-16(26)24-12)18(27)25-15-8-5-13(6-9-15)19(2,3)4/h5-11H,1-4H3,(H,25,27). The van der Waals surface area contributed by atoms with Crippen molar-refractivity contribution in [1.29, 1.82) is 0 Å². The Morgan fingerprint density at radius 1 is 1.00 bits per heavy atom. The molecule has 4 nitrogen and oxygen atoms in total. The number of fused-ring (bicyclic) bond motifs is 1. The minimum atomic E-state index is -4.50. The van der Waals surface area contributed by atoms with Gasteiger partial charge in [0.15, 0.2) is 0 Å². The van der Waals surface area contributed by atoms with Crippen molar-refractivity contribution in [2.24, 2.45) is 0 Å². The molecule has 0 bridgehead atoms. The number of anilines is 1. The minimum Gasteiger partial charge on any atom is -0.321 e. The summed E-state index contributed by atoms with van der Waals surface area (Å²) in [7, 11) is 0. The smallest absolute Gasteiger partial charge is 0.321 e. The number of nitrogens with one attached hydrogen (secondary N) is 1. The highest BCUT2D eigenvalue weighted by molar-refractivity contribution is 6.04. The van der Waals surface area contributed by atoms with Gasteiger partial charge in [-0.1, -0.05) is 32.9 Å². The van der Waals surface area contributed by atoms with Crippen LogP contribution in [-0.2, 0) is 11.6 Å². The van der Waals surface area contributed by atoms with Gasteiger partial charge in [-0.25, -0.2) is 4.98 Å². The Bertz CT molecular complexity index is 996. The fourth-order valence-electron chi connectivity index (χ4n) is 2.85. The van der Waals surface area contributed by atoms with Gasteiger partial charge in [-0.2, -0.15) is 13.2 Å². The lowest BCUT2D eigenvalue weighted by atomic mass is 9.87. The molecular weight excluding hydrogens is 355 g/mol. The second-order valence-electron chi connectivity index (χ2n) is 7.47. The van der Waals surface area contributed by atoms with Gasteiger partial charge < -0.3 is 5.32 Å². The molecule has 3 rings (SSSR count). The molecule has 0 aliphatic heterocycles. The number of hydrogen-bond acceptors (Lipinski definition) is 2. The van der Waals surface area contributed by atoms with Crippen molar-refractivity contribution >= 4 is 17.2 Å². The number of halogens is 3. The van der Waals surface area contributed by atoms with E-state index < -0.39 is 17.6 Å². The first kappa shape index (κ1) is 18.9. The van der Waals surface area contributed by atoms with Gasteiger partial charge in [0.2, 0.25) is 0 Å². The number of aromatic nitrogens is 2. The van der Waals surface area contributed by atoms with Crippen LogP contribution < -0.4 is 5.32 Å². The van der Waals surface area contributed by atoms with E-state index in [1.165, 1.54) is 10.5 Å². The van der Waals surface area contributed by atoms with E-state index in [0.29, 0.717) is 11.4 Å². The quantitative estimate of drug-likeness (QED) is 0.668. The molecule has 0 aliphatic rings. The number of aryl methyl sites for hydroxylation is 1. The summed E-state index contributed by atoms with van der Waals surface area (Å²) in [6.07, 6.45) is -3.60. The topological polar surface area (TPSA) is 46.4 Å². The predicted octanol–water partition coefficient (Wildman–Crippen LogP) is 5.21. The molecule has 0 unspecified atom stereocenters. The van der Waals surface area contributed by atoms with Gasteiger partial charge in [0.05, 0.1) is 11.3 Å². The van der Waals surface area contributed by atoms with Crippen molar-refractivity contribution in [2.45, 2.75) is 39.3 Å². The SMILES string of the molecule is Cc1nc2ccc(C(F)(F)F)cn2c1C(=O)Nc1ccc(C(C)(C)C)cc1. The molecule has 2 aromatic heterocycles. The second-order valence-corrected chi connectivity index (χ2v) is 7.47. The van der Waals surface area contributed by atoms with E-state index in [1.807, 2.05) is 12.1 Å². The molecular formula is C20H20F3N3O. The Labute approximate surface area is 155 Å². The molecule has 0 aliphatic carbocycles. The van der Waals surface area contributed by atoms with Crippen LogP contribution in [0.1, 0.15) is 48.1 Å². The summed E-state index contributed by atoms with van der Waals surface area (Å²) in [5.41, 5.74) is 1.55. The van der Waals surface area contributed by atoms with Crippen molar-refractivity contribution in [1.82, 2.24) is 9.38 Å². The van der Waals surface area contributed by atoms with Crippen LogP contribution in [0.3, 0.4) is 0 Å². The molecule has 7 heteroatoms. The maximum absolute atomic E-state index is 13.0. The van der Waals surface area contributed by atoms with Crippen molar-refractivity contribution < 1.29 is 18.0 Å². The van der Waals surface area contributed by atoms with Crippen LogP contribution in [0.4, 0.5) is 18.9 Å². The zero-order valence-corrected chi connectivity index (χ0v) is 15.5. The van der Waals surface area contributed by atoms with Crippen LogP contribution in [0.5, 0.6) is 0 Å². The highest BCUT2D eigenvalue weighted by atomic mass is 19.4. The monoisotopic (exact) mass is 375 g/mol. The number of amides is 1. The number of hydrogen-bond donors (Lipinski definition) is 1. The third-order valence-corrected chi connectivity index (χ3v) is 4.34. The van der Waals surface area contributed by atoms with Crippen LogP contribution in [0.2, 0.25) is 0 Å². The van der Waals surface area contributed by atoms with Crippen molar-refractivity contribution in [3.63, 3.8) is 0 Å². The molecule has 0 saturated heterocycles. The molecule has 1 aromatic carbocycles. The number of carbonyl (C=O) groups is 1. The van der Waals surface area contributed by atoms with Crippen LogP contribution in [-0.4, -0.2) is 15.3 Å². The molecule has 3 aromatic rings. The Morgan fingerprint density at radius 3 is 2.15 bits per heavy atom. The molecule has 1 N–H and O–H groups in total. The van der Waals surface area contributed by atoms with Gasteiger partial charge in [-0.3, -0.25) is 9.20 Å². The van der Waals surface area contributed by atoms with Crippen molar-refractivity contribution in [3.05, 3.63) is 65.1 Å². The van der Waals surface area contributed by atoms with E-state index in [4.69, 9.17) is 0 Å². The zero-order valence-electron chi connectivity index (χ0n) is 15.5. The molecule has 142 valence electrons. The third kappa shape index (κ3) is 3.82. The van der Waals surface area contributed by atoms with Gasteiger partial charge in [-0.15, -0.1) is 0 Å². The fraction of sp³-hybridized carbons (Fsp3) is 0.300. The number of benzene rings is 1. The first-order valence-electron chi connectivity index (χ1n) is 8.44. The molecule has 0 fully saturated rings. The van der Waals surface area contributed by atoms with Crippen molar-refractivity contribution in [3.8, 4) is 0 Å². The van der Waals surface area contributed by atoms with Crippen LogP contribution >= 0.6 is 0 Å². The third-order valence-electron chi connectivity index (χ3n) is 4.34. The van der Waals surface area contributed by atoms with Gasteiger partial charge in [0.25, 0.3) is 5.91 Å². The van der Waals surface area contributed by atoms with E-state index in [9.17, 15) is 18.0 Å². The second kappa shape index (κ2) is 6.40. The number of nitrogens with zero attached hydrogens (tertiary/aromatic N) is 2. The average molecular weight is 375 g/mol. The zero-order chi connectivity index (χ0) is 20.0. The fourth-order valence-corrected chi connectivity index (χ4v) is 2.85. The van der Waals surface area contributed by atoms with E-state index in [-0.39, 0.29) is 16.8 Å². The lowest BCUT2D eigenvalue weighted by Gasteiger charge is -2.19. The number of alkyl halides is 3. The normalized spacial score (nSPS) is 12.4. The van der Waals surface area contributed by atoms with Crippen LogP contribution in [0.15, 0.2) is 42.6 Å². The van der Waals surface area contributed by atoms with E-state index in [2.05, 4.69) is 31.1 Å². The summed E-state index contributed by atoms with van der Waals surface area (Å²) in [4.78, 5) is 16.9. The summed E-state index contributed by atoms with van der Waals surface area (Å²) in [5, 5.41) is 2.73. The largest absolute Gasteiger partial charge is 0.417 e. The predicted molar refractivity (Wildman–Crippen MR) is 98.0 cm³/mol. The first-order chi connectivity index (χ1) is 12.5. The Morgan fingerprint density at radius 2 is 1.59 bits per heavy atom. The molecule has 2 heterocycles. The highest BCUT2D eigenvalue weighted by Gasteiger charge is 2.31. The summed E-state index contributed by atoms with van der Waals surface area (Å²) in [5.74, 6) is -0.511. The Kier molecular flexibility index (Phi) is 4.49. The van der Waals surface area contributed by atoms with E-state index in [1.54, 1.807) is 19.1 Å². The maximum Gasteiger partial charge on any atom is 0.417 e. The van der Waals surface area contributed by atoms with Crippen LogP contribution in [0.25, 0.3) is 5.65 Å². The molecule has 27 heavy (non-hydrogen) atoms.